The molecule has 1 heterocycles. The molecule has 312 valence electrons. The lowest BCUT2D eigenvalue weighted by Gasteiger charge is -2.28. The largest absolute Gasteiger partial charge is 0.352 e. The summed E-state index contributed by atoms with van der Waals surface area (Å²) in [6.07, 6.45) is 0. The minimum absolute atomic E-state index is 0.0244. The fraction of sp³-hybridized carbons (Fsp3) is 0.328. The molecular weight excluding hydrogens is 739 g/mol. The Morgan fingerprint density at radius 1 is 0.475 bits per heavy atom. The Morgan fingerprint density at radius 3 is 1.34 bits per heavy atom. The second kappa shape index (κ2) is 15.7. The van der Waals surface area contributed by atoms with Gasteiger partial charge in [0.15, 0.2) is 5.96 Å². The maximum atomic E-state index is 5.49. The van der Waals surface area contributed by atoms with Crippen LogP contribution in [-0.4, -0.2) is 5.96 Å². The van der Waals surface area contributed by atoms with Crippen molar-refractivity contribution in [2.24, 2.45) is 4.99 Å². The summed E-state index contributed by atoms with van der Waals surface area (Å²) in [5, 5.41) is 12.6. The monoisotopic (exact) mass is 804 g/mol. The zero-order chi connectivity index (χ0) is 43.5. The van der Waals surface area contributed by atoms with Crippen LogP contribution in [0.25, 0.3) is 54.9 Å². The van der Waals surface area contributed by atoms with Crippen LogP contribution in [-0.2, 0) is 41.3 Å². The number of fused-ring (bicyclic) bond motifs is 7. The zero-order valence-corrected chi connectivity index (χ0v) is 38.7. The van der Waals surface area contributed by atoms with E-state index in [0.29, 0.717) is 19.6 Å². The lowest BCUT2D eigenvalue weighted by atomic mass is 9.76. The summed E-state index contributed by atoms with van der Waals surface area (Å²) in [4.78, 5) is 5.49. The number of hydrogen-bond donors (Lipinski definition) is 2. The van der Waals surface area contributed by atoms with Crippen molar-refractivity contribution in [2.75, 3.05) is 0 Å². The van der Waals surface area contributed by atoms with E-state index in [1.165, 1.54) is 93.9 Å². The van der Waals surface area contributed by atoms with Gasteiger partial charge in [-0.2, -0.15) is 0 Å². The lowest BCUT2D eigenvalue weighted by Crippen LogP contribution is -2.36. The Kier molecular flexibility index (Phi) is 10.8. The summed E-state index contributed by atoms with van der Waals surface area (Å²) in [5.41, 5.74) is 16.6. The number of benzene rings is 7. The number of guanidine groups is 1. The third-order valence-electron chi connectivity index (χ3n) is 12.6. The molecule has 0 unspecified atom stereocenters. The van der Waals surface area contributed by atoms with E-state index in [9.17, 15) is 0 Å². The van der Waals surface area contributed by atoms with Gasteiger partial charge in [0.25, 0.3) is 0 Å². The van der Waals surface area contributed by atoms with Crippen LogP contribution >= 0.6 is 0 Å². The molecule has 3 heteroatoms. The molecule has 1 aliphatic heterocycles. The Hall–Kier alpha value is -5.67. The summed E-state index contributed by atoms with van der Waals surface area (Å²) < 4.78 is 0. The number of rotatable bonds is 4. The lowest BCUT2D eigenvalue weighted by molar-refractivity contribution is 0.568. The van der Waals surface area contributed by atoms with Gasteiger partial charge in [-0.15, -0.1) is 0 Å². The number of nitrogens with one attached hydrogen (secondary N) is 2. The molecule has 0 aromatic heterocycles. The highest BCUT2D eigenvalue weighted by molar-refractivity contribution is 6.12. The van der Waals surface area contributed by atoms with Gasteiger partial charge < -0.3 is 10.6 Å². The maximum absolute atomic E-state index is 5.49. The van der Waals surface area contributed by atoms with E-state index in [1.54, 1.807) is 0 Å². The SMILES string of the molecule is CC(C)(C)c1cc(-c2cc3ccccc3c3c2CN=C(NCc2ccccc2)NCc2c(-c4cc(C(C)(C)C)cc(C(C)(C)C)c4)cc4ccccc4c2-3)cc(C(C)(C)C)c1. The Labute approximate surface area is 365 Å². The second-order valence-corrected chi connectivity index (χ2v) is 21.5. The van der Waals surface area contributed by atoms with Crippen LogP contribution in [0.3, 0.4) is 0 Å². The first kappa shape index (κ1) is 42.0. The predicted octanol–water partition coefficient (Wildman–Crippen LogP) is 14.9. The van der Waals surface area contributed by atoms with Gasteiger partial charge in [-0.25, -0.2) is 4.99 Å². The molecule has 7 aromatic rings. The minimum atomic E-state index is -0.0272. The van der Waals surface area contributed by atoms with Crippen molar-refractivity contribution in [3.05, 3.63) is 166 Å². The van der Waals surface area contributed by atoms with Crippen LogP contribution in [0.4, 0.5) is 0 Å². The van der Waals surface area contributed by atoms with Gasteiger partial charge in [0, 0.05) is 13.1 Å². The summed E-state index contributed by atoms with van der Waals surface area (Å²) in [7, 11) is 0. The third-order valence-corrected chi connectivity index (χ3v) is 12.6. The van der Waals surface area contributed by atoms with Gasteiger partial charge in [-0.3, -0.25) is 0 Å². The highest BCUT2D eigenvalue weighted by Gasteiger charge is 2.28. The summed E-state index contributed by atoms with van der Waals surface area (Å²) in [6.45, 7) is 29.8. The maximum Gasteiger partial charge on any atom is 0.192 e. The van der Waals surface area contributed by atoms with Gasteiger partial charge in [0.2, 0.25) is 0 Å². The molecule has 7 aromatic carbocycles. The van der Waals surface area contributed by atoms with Crippen molar-refractivity contribution < 1.29 is 0 Å². The molecule has 0 aliphatic carbocycles. The number of aliphatic imine (C=N–C) groups is 1. The van der Waals surface area contributed by atoms with Crippen molar-refractivity contribution in [2.45, 2.75) is 124 Å². The van der Waals surface area contributed by atoms with Crippen LogP contribution in [0.2, 0.25) is 0 Å². The van der Waals surface area contributed by atoms with E-state index >= 15 is 0 Å². The predicted molar refractivity (Wildman–Crippen MR) is 264 cm³/mol. The van der Waals surface area contributed by atoms with Gasteiger partial charge >= 0.3 is 0 Å². The van der Waals surface area contributed by atoms with E-state index < -0.39 is 0 Å². The van der Waals surface area contributed by atoms with Crippen LogP contribution in [0.5, 0.6) is 0 Å². The summed E-state index contributed by atoms with van der Waals surface area (Å²) in [6, 6.07) is 48.2. The van der Waals surface area contributed by atoms with Gasteiger partial charge in [0.1, 0.15) is 0 Å². The topological polar surface area (TPSA) is 36.4 Å². The summed E-state index contributed by atoms with van der Waals surface area (Å²) in [5.74, 6) is 0.804. The molecule has 0 amide bonds. The van der Waals surface area contributed by atoms with E-state index in [2.05, 4.69) is 221 Å². The molecule has 1 aliphatic rings. The average Bonchev–Trinajstić information content (AvgIpc) is 3.29. The zero-order valence-electron chi connectivity index (χ0n) is 38.7. The van der Waals surface area contributed by atoms with E-state index in [1.807, 2.05) is 0 Å². The van der Waals surface area contributed by atoms with Crippen molar-refractivity contribution in [3.8, 4) is 33.4 Å². The molecule has 0 atom stereocenters. The van der Waals surface area contributed by atoms with Crippen molar-refractivity contribution in [1.82, 2.24) is 10.6 Å². The van der Waals surface area contributed by atoms with Crippen molar-refractivity contribution in [3.63, 3.8) is 0 Å². The van der Waals surface area contributed by atoms with Crippen LogP contribution in [0, 0.1) is 0 Å². The standard InChI is InChI=1S/C58H65N3/c1-55(2,3)42-26-40(27-43(32-42)56(4,5)6)48-30-38-22-16-18-24-46(38)52-50(48)35-60-54(59-34-37-20-14-13-15-21-37)61-36-51-49(31-39-23-17-19-25-47(39)53(51)52)41-28-44(57(7,8)9)33-45(29-41)58(10,11)12/h13-33H,34-36H2,1-12H3,(H2,59,60,61). The number of nitrogens with zero attached hydrogens (tertiary/aromatic N) is 1. The smallest absolute Gasteiger partial charge is 0.192 e. The summed E-state index contributed by atoms with van der Waals surface area (Å²) >= 11 is 0. The molecule has 0 radical (unpaired) electrons. The Morgan fingerprint density at radius 2 is 0.885 bits per heavy atom. The molecule has 0 bridgehead atoms. The Balaban J connectivity index is 1.51. The van der Waals surface area contributed by atoms with E-state index in [4.69, 9.17) is 4.99 Å². The van der Waals surface area contributed by atoms with E-state index in [0.717, 1.165) is 5.96 Å². The molecule has 0 saturated carbocycles. The highest BCUT2D eigenvalue weighted by atomic mass is 15.2. The number of hydrogen-bond acceptors (Lipinski definition) is 3. The first-order valence-electron chi connectivity index (χ1n) is 22.2. The molecule has 0 spiro atoms. The molecule has 0 fully saturated rings. The minimum Gasteiger partial charge on any atom is -0.352 e. The molecule has 8 rings (SSSR count). The molecule has 2 N–H and O–H groups in total. The first-order valence-corrected chi connectivity index (χ1v) is 22.2. The molecule has 3 nitrogen and oxygen atoms in total. The van der Waals surface area contributed by atoms with Gasteiger partial charge in [-0.05, 0) is 128 Å². The van der Waals surface area contributed by atoms with Crippen LogP contribution in [0.1, 0.15) is 122 Å². The van der Waals surface area contributed by atoms with Crippen LogP contribution in [0.15, 0.2) is 132 Å². The molecule has 0 saturated heterocycles. The first-order chi connectivity index (χ1) is 28.8. The highest BCUT2D eigenvalue weighted by Crippen LogP contribution is 2.48. The van der Waals surface area contributed by atoms with Gasteiger partial charge in [-0.1, -0.05) is 198 Å². The average molecular weight is 804 g/mol. The normalized spacial score (nSPS) is 13.7. The third kappa shape index (κ3) is 8.63. The second-order valence-electron chi connectivity index (χ2n) is 21.5. The molecular formula is C58H65N3. The fourth-order valence-corrected chi connectivity index (χ4v) is 8.80. The van der Waals surface area contributed by atoms with Crippen molar-refractivity contribution in [1.29, 1.82) is 0 Å². The Bertz CT molecular complexity index is 2730. The fourth-order valence-electron chi connectivity index (χ4n) is 8.80. The van der Waals surface area contributed by atoms with Crippen LogP contribution < -0.4 is 10.6 Å². The van der Waals surface area contributed by atoms with Gasteiger partial charge in [0.05, 0.1) is 6.54 Å². The van der Waals surface area contributed by atoms with Crippen molar-refractivity contribution >= 4 is 27.5 Å². The van der Waals surface area contributed by atoms with E-state index in [-0.39, 0.29) is 21.7 Å². The quantitative estimate of drug-likeness (QED) is 0.186. The molecule has 61 heavy (non-hydrogen) atoms.